The van der Waals surface area contributed by atoms with Crippen LogP contribution in [0.15, 0.2) is 11.6 Å². The summed E-state index contributed by atoms with van der Waals surface area (Å²) in [5, 5.41) is 3.00. The summed E-state index contributed by atoms with van der Waals surface area (Å²) in [7, 11) is 0. The second-order valence-electron chi connectivity index (χ2n) is 3.47. The molecule has 1 fully saturated rings. The van der Waals surface area contributed by atoms with Crippen LogP contribution in [0.2, 0.25) is 0 Å². The quantitative estimate of drug-likeness (QED) is 0.676. The lowest BCUT2D eigenvalue weighted by Crippen LogP contribution is -2.48. The van der Waals surface area contributed by atoms with Crippen molar-refractivity contribution in [3.05, 3.63) is 11.6 Å². The lowest BCUT2D eigenvalue weighted by Gasteiger charge is -2.33. The van der Waals surface area contributed by atoms with E-state index in [-0.39, 0.29) is 5.91 Å². The highest BCUT2D eigenvalue weighted by Gasteiger charge is 2.20. The van der Waals surface area contributed by atoms with Crippen LogP contribution in [0, 0.1) is 11.8 Å². The van der Waals surface area contributed by atoms with Gasteiger partial charge in [0.2, 0.25) is 0 Å². The van der Waals surface area contributed by atoms with E-state index in [1.165, 1.54) is 0 Å². The zero-order valence-corrected chi connectivity index (χ0v) is 9.96. The molecule has 0 atom stereocenters. The molecule has 0 radical (unpaired) electrons. The minimum atomic E-state index is -0.0683. The first kappa shape index (κ1) is 11.0. The number of piperazine rings is 1. The molecular weight excluding hydrogens is 222 g/mol. The number of nitrogens with zero attached hydrogens (tertiary/aromatic N) is 3. The predicted octanol–water partition coefficient (Wildman–Crippen LogP) is 0.815. The summed E-state index contributed by atoms with van der Waals surface area (Å²) in [5.74, 6) is 5.14. The van der Waals surface area contributed by atoms with Gasteiger partial charge in [-0.3, -0.25) is 4.79 Å². The van der Waals surface area contributed by atoms with Crippen molar-refractivity contribution in [3.63, 3.8) is 0 Å². The average molecular weight is 235 g/mol. The molecule has 0 unspecified atom stereocenters. The number of hydrogen-bond acceptors (Lipinski definition) is 4. The summed E-state index contributed by atoms with van der Waals surface area (Å²) >= 11 is 1.63. The first-order chi connectivity index (χ1) is 7.81. The molecule has 2 heterocycles. The van der Waals surface area contributed by atoms with E-state index in [0.717, 1.165) is 31.3 Å². The molecular formula is C11H13N3OS. The molecule has 0 saturated carbocycles. The van der Waals surface area contributed by atoms with Crippen LogP contribution in [0.3, 0.4) is 0 Å². The van der Waals surface area contributed by atoms with E-state index >= 15 is 0 Å². The van der Waals surface area contributed by atoms with Crippen molar-refractivity contribution in [3.8, 4) is 11.8 Å². The smallest absolute Gasteiger partial charge is 0.298 e. The Balaban J connectivity index is 1.91. The Bertz CT molecular complexity index is 410. The van der Waals surface area contributed by atoms with E-state index in [9.17, 15) is 4.79 Å². The molecule has 84 valence electrons. The van der Waals surface area contributed by atoms with Crippen LogP contribution < -0.4 is 4.90 Å². The SMILES string of the molecule is CC#CC(=O)N1CCN(c2nccs2)CC1. The first-order valence-corrected chi connectivity index (χ1v) is 6.05. The van der Waals surface area contributed by atoms with Gasteiger partial charge in [0.15, 0.2) is 5.13 Å². The summed E-state index contributed by atoms with van der Waals surface area (Å²) in [4.78, 5) is 19.8. The zero-order valence-electron chi connectivity index (χ0n) is 9.14. The van der Waals surface area contributed by atoms with E-state index in [1.807, 2.05) is 5.38 Å². The third-order valence-electron chi connectivity index (χ3n) is 2.49. The molecule has 1 aromatic heterocycles. The molecule has 0 aliphatic carbocycles. The van der Waals surface area contributed by atoms with Crippen molar-refractivity contribution in [2.24, 2.45) is 0 Å². The number of thiazole rings is 1. The topological polar surface area (TPSA) is 36.4 Å². The molecule has 1 aromatic rings. The molecule has 0 bridgehead atoms. The number of carbonyl (C=O) groups excluding carboxylic acids is 1. The van der Waals surface area contributed by atoms with Gasteiger partial charge < -0.3 is 9.80 Å². The fraction of sp³-hybridized carbons (Fsp3) is 0.455. The average Bonchev–Trinajstić information content (AvgIpc) is 2.83. The lowest BCUT2D eigenvalue weighted by molar-refractivity contribution is -0.125. The van der Waals surface area contributed by atoms with Gasteiger partial charge in [-0.25, -0.2) is 4.98 Å². The second kappa shape index (κ2) is 4.99. The minimum Gasteiger partial charge on any atom is -0.345 e. The Morgan fingerprint density at radius 1 is 1.44 bits per heavy atom. The highest BCUT2D eigenvalue weighted by molar-refractivity contribution is 7.13. The molecule has 2 rings (SSSR count). The number of amides is 1. The van der Waals surface area contributed by atoms with Gasteiger partial charge in [0, 0.05) is 37.8 Å². The van der Waals surface area contributed by atoms with Crippen molar-refractivity contribution in [2.75, 3.05) is 31.1 Å². The minimum absolute atomic E-state index is 0.0683. The monoisotopic (exact) mass is 235 g/mol. The molecule has 5 heteroatoms. The van der Waals surface area contributed by atoms with E-state index in [0.29, 0.717) is 0 Å². The van der Waals surface area contributed by atoms with Gasteiger partial charge in [-0.15, -0.1) is 11.3 Å². The fourth-order valence-electron chi connectivity index (χ4n) is 1.66. The molecule has 0 N–H and O–H groups in total. The van der Waals surface area contributed by atoms with Crippen LogP contribution in [0.4, 0.5) is 5.13 Å². The van der Waals surface area contributed by atoms with Crippen molar-refractivity contribution < 1.29 is 4.79 Å². The Kier molecular flexibility index (Phi) is 3.42. The zero-order chi connectivity index (χ0) is 11.4. The summed E-state index contributed by atoms with van der Waals surface area (Å²) < 4.78 is 0. The van der Waals surface area contributed by atoms with Gasteiger partial charge in [0.25, 0.3) is 5.91 Å². The Morgan fingerprint density at radius 3 is 2.75 bits per heavy atom. The van der Waals surface area contributed by atoms with Crippen LogP contribution in [-0.2, 0) is 4.79 Å². The van der Waals surface area contributed by atoms with Crippen LogP contribution in [0.1, 0.15) is 6.92 Å². The van der Waals surface area contributed by atoms with Gasteiger partial charge in [0.05, 0.1) is 0 Å². The molecule has 1 amide bonds. The third kappa shape index (κ3) is 2.34. The normalized spacial score (nSPS) is 15.6. The largest absolute Gasteiger partial charge is 0.345 e. The highest BCUT2D eigenvalue weighted by Crippen LogP contribution is 2.18. The summed E-state index contributed by atoms with van der Waals surface area (Å²) in [5.41, 5.74) is 0. The van der Waals surface area contributed by atoms with E-state index in [1.54, 1.807) is 29.4 Å². The number of aromatic nitrogens is 1. The predicted molar refractivity (Wildman–Crippen MR) is 64.4 cm³/mol. The van der Waals surface area contributed by atoms with Crippen LogP contribution >= 0.6 is 11.3 Å². The first-order valence-electron chi connectivity index (χ1n) is 5.17. The maximum absolute atomic E-state index is 11.5. The van der Waals surface area contributed by atoms with E-state index in [2.05, 4.69) is 21.7 Å². The number of anilines is 1. The molecule has 1 aliphatic heterocycles. The van der Waals surface area contributed by atoms with Gasteiger partial charge in [-0.1, -0.05) is 5.92 Å². The summed E-state index contributed by atoms with van der Waals surface area (Å²) in [6.07, 6.45) is 1.81. The van der Waals surface area contributed by atoms with Crippen molar-refractivity contribution in [1.29, 1.82) is 0 Å². The van der Waals surface area contributed by atoms with Gasteiger partial charge in [0.1, 0.15) is 0 Å². The molecule has 0 aromatic carbocycles. The third-order valence-corrected chi connectivity index (χ3v) is 3.32. The van der Waals surface area contributed by atoms with Crippen LogP contribution in [0.5, 0.6) is 0 Å². The van der Waals surface area contributed by atoms with Crippen LogP contribution in [-0.4, -0.2) is 42.0 Å². The number of rotatable bonds is 1. The van der Waals surface area contributed by atoms with Crippen molar-refractivity contribution in [2.45, 2.75) is 6.92 Å². The maximum atomic E-state index is 11.5. The molecule has 1 aliphatic rings. The van der Waals surface area contributed by atoms with Gasteiger partial charge in [-0.05, 0) is 12.8 Å². The Labute approximate surface area is 98.9 Å². The second-order valence-corrected chi connectivity index (χ2v) is 4.34. The van der Waals surface area contributed by atoms with E-state index in [4.69, 9.17) is 0 Å². The fourth-order valence-corrected chi connectivity index (χ4v) is 2.36. The molecule has 0 spiro atoms. The molecule has 4 nitrogen and oxygen atoms in total. The Morgan fingerprint density at radius 2 is 2.19 bits per heavy atom. The van der Waals surface area contributed by atoms with Gasteiger partial charge in [-0.2, -0.15) is 0 Å². The number of hydrogen-bond donors (Lipinski definition) is 0. The summed E-state index contributed by atoms with van der Waals surface area (Å²) in [6, 6.07) is 0. The summed E-state index contributed by atoms with van der Waals surface area (Å²) in [6.45, 7) is 4.82. The maximum Gasteiger partial charge on any atom is 0.298 e. The highest BCUT2D eigenvalue weighted by atomic mass is 32.1. The van der Waals surface area contributed by atoms with E-state index < -0.39 is 0 Å². The van der Waals surface area contributed by atoms with Crippen LogP contribution in [0.25, 0.3) is 0 Å². The van der Waals surface area contributed by atoms with Gasteiger partial charge >= 0.3 is 0 Å². The van der Waals surface area contributed by atoms with Crippen molar-refractivity contribution in [1.82, 2.24) is 9.88 Å². The lowest BCUT2D eigenvalue weighted by atomic mass is 10.3. The Hall–Kier alpha value is -1.54. The van der Waals surface area contributed by atoms with Crippen molar-refractivity contribution >= 4 is 22.4 Å². The number of carbonyl (C=O) groups is 1. The molecule has 1 saturated heterocycles. The standard InChI is InChI=1S/C11H13N3OS/c1-2-3-10(15)13-5-7-14(8-6-13)11-12-4-9-16-11/h4,9H,5-8H2,1H3. The molecule has 16 heavy (non-hydrogen) atoms.